The Hall–Kier alpha value is -3.65. The van der Waals surface area contributed by atoms with Gasteiger partial charge in [0.15, 0.2) is 5.65 Å². The predicted molar refractivity (Wildman–Crippen MR) is 112 cm³/mol. The van der Waals surface area contributed by atoms with Crippen LogP contribution < -0.4 is 5.32 Å². The van der Waals surface area contributed by atoms with E-state index in [2.05, 4.69) is 15.4 Å². The summed E-state index contributed by atoms with van der Waals surface area (Å²) in [6.45, 7) is 0.135. The molecule has 0 unspecified atom stereocenters. The van der Waals surface area contributed by atoms with Crippen molar-refractivity contribution in [3.8, 4) is 11.3 Å². The summed E-state index contributed by atoms with van der Waals surface area (Å²) in [4.78, 5) is 21.6. The van der Waals surface area contributed by atoms with Crippen LogP contribution >= 0.6 is 0 Å². The molecule has 0 radical (unpaired) electrons. The van der Waals surface area contributed by atoms with Crippen molar-refractivity contribution in [1.29, 1.82) is 0 Å². The lowest BCUT2D eigenvalue weighted by molar-refractivity contribution is 0.0945. The minimum atomic E-state index is -0.209. The quantitative estimate of drug-likeness (QED) is 0.440. The number of nitrogens with one attached hydrogen (secondary N) is 2. The molecule has 146 valence electrons. The van der Waals surface area contributed by atoms with Gasteiger partial charge in [-0.05, 0) is 24.3 Å². The monoisotopic (exact) mass is 388 g/mol. The van der Waals surface area contributed by atoms with Gasteiger partial charge in [-0.2, -0.15) is 0 Å². The minimum absolute atomic E-state index is 0.0906. The maximum atomic E-state index is 12.3. The number of aromatic amines is 1. The fourth-order valence-electron chi connectivity index (χ4n) is 3.89. The maximum absolute atomic E-state index is 12.3. The number of aryl methyl sites for hydroxylation is 2. The van der Waals surface area contributed by atoms with E-state index in [4.69, 9.17) is 10.1 Å². The lowest BCUT2D eigenvalue weighted by Crippen LogP contribution is -2.26. The summed E-state index contributed by atoms with van der Waals surface area (Å²) in [5.41, 5.74) is 5.07. The van der Waals surface area contributed by atoms with Crippen LogP contribution in [0.15, 0.2) is 42.9 Å². The van der Waals surface area contributed by atoms with Crippen molar-refractivity contribution >= 4 is 38.7 Å². The van der Waals surface area contributed by atoms with Gasteiger partial charge in [-0.1, -0.05) is 0 Å². The van der Waals surface area contributed by atoms with E-state index in [1.165, 1.54) is 0 Å². The molecule has 29 heavy (non-hydrogen) atoms. The molecular formula is C21H20N6O2. The third-order valence-electron chi connectivity index (χ3n) is 5.28. The van der Waals surface area contributed by atoms with Crippen LogP contribution in [0.1, 0.15) is 10.4 Å². The van der Waals surface area contributed by atoms with Crippen molar-refractivity contribution in [2.75, 3.05) is 13.2 Å². The number of amides is 1. The molecule has 0 aliphatic carbocycles. The molecule has 5 aromatic rings. The van der Waals surface area contributed by atoms with E-state index in [-0.39, 0.29) is 19.1 Å². The highest BCUT2D eigenvalue weighted by Gasteiger charge is 2.17. The normalized spacial score (nSPS) is 11.7. The zero-order chi connectivity index (χ0) is 20.1. The minimum Gasteiger partial charge on any atom is -0.395 e. The van der Waals surface area contributed by atoms with Gasteiger partial charge in [0.2, 0.25) is 0 Å². The molecule has 0 saturated heterocycles. The Kier molecular flexibility index (Phi) is 3.88. The van der Waals surface area contributed by atoms with E-state index in [0.717, 1.165) is 38.4 Å². The molecule has 4 aromatic heterocycles. The fourth-order valence-corrected chi connectivity index (χ4v) is 3.89. The third-order valence-corrected chi connectivity index (χ3v) is 5.28. The summed E-state index contributed by atoms with van der Waals surface area (Å²) in [5, 5.41) is 17.8. The molecule has 0 fully saturated rings. The molecule has 4 heterocycles. The molecule has 0 bridgehead atoms. The Bertz CT molecular complexity index is 1390. The predicted octanol–water partition coefficient (Wildman–Crippen LogP) is 2.33. The van der Waals surface area contributed by atoms with Crippen LogP contribution in [0.5, 0.6) is 0 Å². The van der Waals surface area contributed by atoms with Gasteiger partial charge >= 0.3 is 0 Å². The van der Waals surface area contributed by atoms with Gasteiger partial charge in [0.25, 0.3) is 5.91 Å². The number of aromatic nitrogens is 5. The van der Waals surface area contributed by atoms with E-state index in [0.29, 0.717) is 11.2 Å². The summed E-state index contributed by atoms with van der Waals surface area (Å²) < 4.78 is 3.98. The van der Waals surface area contributed by atoms with Crippen molar-refractivity contribution in [3.63, 3.8) is 0 Å². The summed E-state index contributed by atoms with van der Waals surface area (Å²) in [5.74, 6) is -0.209. The highest BCUT2D eigenvalue weighted by atomic mass is 16.3. The van der Waals surface area contributed by atoms with Gasteiger partial charge in [0.1, 0.15) is 0 Å². The summed E-state index contributed by atoms with van der Waals surface area (Å²) in [6.07, 6.45) is 5.76. The number of aliphatic hydroxyl groups excluding tert-OH is 1. The molecule has 0 aliphatic heterocycles. The molecule has 8 heteroatoms. The summed E-state index contributed by atoms with van der Waals surface area (Å²) in [6, 6.07) is 7.64. The highest BCUT2D eigenvalue weighted by molar-refractivity contribution is 6.07. The Balaban J connectivity index is 1.69. The van der Waals surface area contributed by atoms with Crippen molar-refractivity contribution < 1.29 is 9.90 Å². The van der Waals surface area contributed by atoms with E-state index in [1.54, 1.807) is 6.07 Å². The number of rotatable bonds is 4. The SMILES string of the molecule is Cn1cc(-c2cc3c(ncc4c[nH]n(C)c43)n2)c2cc(C(=O)NCCO)ccc21. The Labute approximate surface area is 165 Å². The first-order valence-electron chi connectivity index (χ1n) is 9.35. The Morgan fingerprint density at radius 1 is 1.24 bits per heavy atom. The standard InChI is InChI=1S/C21H20N6O2/c1-26-11-16(14-7-12(3-4-18(14)26)21(29)22-5-6-28)17-8-15-19-13(10-24-27(19)2)9-23-20(15)25-17/h3-4,7-11,24,28H,5-6H2,1-2H3,(H,22,29). The van der Waals surface area contributed by atoms with Crippen LogP contribution in [0, 0.1) is 0 Å². The summed E-state index contributed by atoms with van der Waals surface area (Å²) >= 11 is 0. The van der Waals surface area contributed by atoms with Crippen molar-refractivity contribution in [2.45, 2.75) is 0 Å². The average molecular weight is 388 g/mol. The van der Waals surface area contributed by atoms with Crippen LogP contribution in [0.4, 0.5) is 0 Å². The fraction of sp³-hybridized carbons (Fsp3) is 0.190. The molecule has 1 amide bonds. The van der Waals surface area contributed by atoms with Gasteiger partial charge in [0, 0.05) is 72.0 Å². The van der Waals surface area contributed by atoms with Gasteiger partial charge in [-0.3, -0.25) is 9.48 Å². The largest absolute Gasteiger partial charge is 0.395 e. The molecule has 0 spiro atoms. The number of carbonyl (C=O) groups is 1. The zero-order valence-corrected chi connectivity index (χ0v) is 16.1. The average Bonchev–Trinajstić information content (AvgIpc) is 3.41. The van der Waals surface area contributed by atoms with Crippen LogP contribution in [0.25, 0.3) is 44.1 Å². The lowest BCUT2D eigenvalue weighted by Gasteiger charge is -2.04. The van der Waals surface area contributed by atoms with Crippen molar-refractivity contribution in [3.05, 3.63) is 48.4 Å². The van der Waals surface area contributed by atoms with Crippen molar-refractivity contribution in [1.82, 2.24) is 29.6 Å². The van der Waals surface area contributed by atoms with Crippen molar-refractivity contribution in [2.24, 2.45) is 14.1 Å². The Morgan fingerprint density at radius 2 is 2.10 bits per heavy atom. The highest BCUT2D eigenvalue weighted by Crippen LogP contribution is 2.34. The van der Waals surface area contributed by atoms with Gasteiger partial charge in [-0.25, -0.2) is 9.97 Å². The molecule has 8 nitrogen and oxygen atoms in total. The topological polar surface area (TPSA) is 101 Å². The number of H-pyrrole nitrogens is 1. The second-order valence-electron chi connectivity index (χ2n) is 7.14. The van der Waals surface area contributed by atoms with E-state index < -0.39 is 0 Å². The molecular weight excluding hydrogens is 368 g/mol. The number of fused-ring (bicyclic) bond motifs is 4. The lowest BCUT2D eigenvalue weighted by atomic mass is 10.1. The number of carbonyl (C=O) groups excluding carboxylic acids is 1. The molecule has 5 rings (SSSR count). The van der Waals surface area contributed by atoms with E-state index in [1.807, 2.05) is 60.1 Å². The van der Waals surface area contributed by atoms with Gasteiger partial charge in [0.05, 0.1) is 17.8 Å². The van der Waals surface area contributed by atoms with Gasteiger partial charge < -0.3 is 20.1 Å². The summed E-state index contributed by atoms with van der Waals surface area (Å²) in [7, 11) is 3.94. The molecule has 3 N–H and O–H groups in total. The first-order valence-corrected chi connectivity index (χ1v) is 9.35. The number of benzene rings is 1. The number of aliphatic hydroxyl groups is 1. The maximum Gasteiger partial charge on any atom is 0.251 e. The van der Waals surface area contributed by atoms with Crippen LogP contribution in [-0.4, -0.2) is 48.5 Å². The smallest absolute Gasteiger partial charge is 0.251 e. The van der Waals surface area contributed by atoms with E-state index >= 15 is 0 Å². The number of hydrogen-bond donors (Lipinski definition) is 3. The molecule has 0 atom stereocenters. The van der Waals surface area contributed by atoms with Crippen LogP contribution in [0.3, 0.4) is 0 Å². The van der Waals surface area contributed by atoms with Crippen LogP contribution in [-0.2, 0) is 14.1 Å². The van der Waals surface area contributed by atoms with E-state index in [9.17, 15) is 4.79 Å². The molecule has 0 saturated carbocycles. The third kappa shape index (κ3) is 2.68. The van der Waals surface area contributed by atoms with Gasteiger partial charge in [-0.15, -0.1) is 0 Å². The second-order valence-corrected chi connectivity index (χ2v) is 7.14. The molecule has 1 aromatic carbocycles. The first kappa shape index (κ1) is 17.4. The number of nitrogens with zero attached hydrogens (tertiary/aromatic N) is 4. The zero-order valence-electron chi connectivity index (χ0n) is 16.1. The molecule has 0 aliphatic rings. The Morgan fingerprint density at radius 3 is 2.93 bits per heavy atom. The second kappa shape index (κ2) is 6.46. The number of hydrogen-bond acceptors (Lipinski definition) is 4. The first-order chi connectivity index (χ1) is 14.1. The number of pyridine rings is 1. The van der Waals surface area contributed by atoms with Crippen LogP contribution in [0.2, 0.25) is 0 Å².